The molecule has 3 rings (SSSR count). The Balaban J connectivity index is 1.79. The summed E-state index contributed by atoms with van der Waals surface area (Å²) in [6, 6.07) is 10.3. The number of rotatable bonds is 4. The Hall–Kier alpha value is -1.19. The van der Waals surface area contributed by atoms with Gasteiger partial charge in [-0.2, -0.15) is 0 Å². The minimum absolute atomic E-state index is 0.121. The van der Waals surface area contributed by atoms with E-state index in [0.717, 1.165) is 19.3 Å². The summed E-state index contributed by atoms with van der Waals surface area (Å²) in [4.78, 5) is 1.39. The molecule has 0 aliphatic heterocycles. The first-order valence-corrected chi connectivity index (χ1v) is 7.73. The van der Waals surface area contributed by atoms with E-state index in [-0.39, 0.29) is 5.82 Å². The average Bonchev–Trinajstić information content (AvgIpc) is 3.05. The monoisotopic (exact) mass is 275 g/mol. The highest BCUT2D eigenvalue weighted by atomic mass is 32.1. The molecule has 1 aromatic heterocycles. The SMILES string of the molecule is CCC(NC1CCc2cc(F)ccc21)c1cccs1. The number of hydrogen-bond donors (Lipinski definition) is 1. The van der Waals surface area contributed by atoms with Crippen molar-refractivity contribution in [1.29, 1.82) is 0 Å². The Labute approximate surface area is 117 Å². The van der Waals surface area contributed by atoms with Crippen LogP contribution in [0.2, 0.25) is 0 Å². The van der Waals surface area contributed by atoms with Crippen LogP contribution in [0.15, 0.2) is 35.7 Å². The van der Waals surface area contributed by atoms with Gasteiger partial charge in [0.25, 0.3) is 0 Å². The molecule has 2 unspecified atom stereocenters. The number of benzene rings is 1. The number of thiophene rings is 1. The molecule has 3 heteroatoms. The zero-order valence-corrected chi connectivity index (χ0v) is 11.8. The van der Waals surface area contributed by atoms with Gasteiger partial charge in [-0.05, 0) is 54.0 Å². The second-order valence-corrected chi connectivity index (χ2v) is 6.06. The summed E-state index contributed by atoms with van der Waals surface area (Å²) in [5, 5.41) is 5.85. The van der Waals surface area contributed by atoms with Crippen molar-refractivity contribution < 1.29 is 4.39 Å². The lowest BCUT2D eigenvalue weighted by atomic mass is 10.1. The third-order valence-electron chi connectivity index (χ3n) is 3.88. The first-order chi connectivity index (χ1) is 9.28. The van der Waals surface area contributed by atoms with Crippen molar-refractivity contribution in [2.24, 2.45) is 0 Å². The topological polar surface area (TPSA) is 12.0 Å². The fourth-order valence-electron chi connectivity index (χ4n) is 2.89. The van der Waals surface area contributed by atoms with E-state index in [0.29, 0.717) is 12.1 Å². The Kier molecular flexibility index (Phi) is 3.67. The lowest BCUT2D eigenvalue weighted by molar-refractivity contribution is 0.437. The van der Waals surface area contributed by atoms with Crippen molar-refractivity contribution in [2.45, 2.75) is 38.3 Å². The molecule has 0 bridgehead atoms. The Bertz CT molecular complexity index is 550. The molecule has 0 saturated heterocycles. The zero-order valence-electron chi connectivity index (χ0n) is 11.0. The Morgan fingerprint density at radius 2 is 2.32 bits per heavy atom. The summed E-state index contributed by atoms with van der Waals surface area (Å²) in [6.45, 7) is 2.21. The summed E-state index contributed by atoms with van der Waals surface area (Å²) >= 11 is 1.80. The van der Waals surface area contributed by atoms with Crippen LogP contribution in [-0.2, 0) is 6.42 Å². The fraction of sp³-hybridized carbons (Fsp3) is 0.375. The highest BCUT2D eigenvalue weighted by Crippen LogP contribution is 2.34. The van der Waals surface area contributed by atoms with Crippen molar-refractivity contribution in [3.8, 4) is 0 Å². The summed E-state index contributed by atoms with van der Waals surface area (Å²) in [6.07, 6.45) is 3.12. The number of hydrogen-bond acceptors (Lipinski definition) is 2. The second-order valence-electron chi connectivity index (χ2n) is 5.08. The van der Waals surface area contributed by atoms with Crippen LogP contribution in [0.4, 0.5) is 4.39 Å². The fourth-order valence-corrected chi connectivity index (χ4v) is 3.76. The van der Waals surface area contributed by atoms with E-state index >= 15 is 0 Å². The number of fused-ring (bicyclic) bond motifs is 1. The van der Waals surface area contributed by atoms with Crippen LogP contribution in [0.25, 0.3) is 0 Å². The quantitative estimate of drug-likeness (QED) is 0.858. The maximum atomic E-state index is 13.2. The highest BCUT2D eigenvalue weighted by molar-refractivity contribution is 7.10. The van der Waals surface area contributed by atoms with Crippen molar-refractivity contribution in [2.75, 3.05) is 0 Å². The van der Waals surface area contributed by atoms with Gasteiger partial charge < -0.3 is 5.32 Å². The first kappa shape index (κ1) is 12.8. The molecular weight excluding hydrogens is 257 g/mol. The van der Waals surface area contributed by atoms with Gasteiger partial charge in [0.15, 0.2) is 0 Å². The summed E-state index contributed by atoms with van der Waals surface area (Å²) in [5.74, 6) is -0.121. The van der Waals surface area contributed by atoms with Gasteiger partial charge >= 0.3 is 0 Å². The Morgan fingerprint density at radius 1 is 1.42 bits per heavy atom. The van der Waals surface area contributed by atoms with Crippen LogP contribution >= 0.6 is 11.3 Å². The highest BCUT2D eigenvalue weighted by Gasteiger charge is 2.25. The molecule has 1 heterocycles. The predicted octanol–water partition coefficient (Wildman–Crippen LogP) is 4.62. The van der Waals surface area contributed by atoms with Gasteiger partial charge in [-0.15, -0.1) is 11.3 Å². The second kappa shape index (κ2) is 5.43. The largest absolute Gasteiger partial charge is 0.302 e. The minimum atomic E-state index is -0.121. The molecule has 1 aromatic carbocycles. The zero-order chi connectivity index (χ0) is 13.2. The molecule has 1 nitrogen and oxygen atoms in total. The number of halogens is 1. The normalized spacial score (nSPS) is 19.4. The van der Waals surface area contributed by atoms with Gasteiger partial charge in [-0.25, -0.2) is 4.39 Å². The lowest BCUT2D eigenvalue weighted by Gasteiger charge is -2.21. The van der Waals surface area contributed by atoms with Crippen molar-refractivity contribution in [3.05, 3.63) is 57.5 Å². The smallest absolute Gasteiger partial charge is 0.123 e. The van der Waals surface area contributed by atoms with Crippen LogP contribution in [0.3, 0.4) is 0 Å². The average molecular weight is 275 g/mol. The molecule has 0 amide bonds. The summed E-state index contributed by atoms with van der Waals surface area (Å²) < 4.78 is 13.2. The van der Waals surface area contributed by atoms with Gasteiger partial charge in [0.1, 0.15) is 5.82 Å². The van der Waals surface area contributed by atoms with E-state index in [1.165, 1.54) is 16.0 Å². The van der Waals surface area contributed by atoms with Gasteiger partial charge in [0.05, 0.1) is 0 Å². The maximum Gasteiger partial charge on any atom is 0.123 e. The molecule has 19 heavy (non-hydrogen) atoms. The first-order valence-electron chi connectivity index (χ1n) is 6.85. The van der Waals surface area contributed by atoms with Gasteiger partial charge in [-0.1, -0.05) is 19.1 Å². The van der Waals surface area contributed by atoms with Gasteiger partial charge in [0, 0.05) is 17.0 Å². The molecule has 2 atom stereocenters. The maximum absolute atomic E-state index is 13.2. The van der Waals surface area contributed by atoms with E-state index in [2.05, 4.69) is 29.8 Å². The van der Waals surface area contributed by atoms with E-state index < -0.39 is 0 Å². The molecule has 100 valence electrons. The molecular formula is C16H18FNS. The standard InChI is InChI=1S/C16H18FNS/c1-2-14(16-4-3-9-19-16)18-15-8-5-11-10-12(17)6-7-13(11)15/h3-4,6-7,9-10,14-15,18H,2,5,8H2,1H3. The van der Waals surface area contributed by atoms with Crippen LogP contribution in [-0.4, -0.2) is 0 Å². The summed E-state index contributed by atoms with van der Waals surface area (Å²) in [7, 11) is 0. The summed E-state index contributed by atoms with van der Waals surface area (Å²) in [5.41, 5.74) is 2.44. The van der Waals surface area contributed by atoms with E-state index in [1.807, 2.05) is 6.07 Å². The van der Waals surface area contributed by atoms with Crippen molar-refractivity contribution in [1.82, 2.24) is 5.32 Å². The van der Waals surface area contributed by atoms with Crippen LogP contribution in [0.5, 0.6) is 0 Å². The van der Waals surface area contributed by atoms with Crippen LogP contribution < -0.4 is 5.32 Å². The molecule has 1 aliphatic rings. The van der Waals surface area contributed by atoms with E-state index in [9.17, 15) is 4.39 Å². The van der Waals surface area contributed by atoms with Crippen LogP contribution in [0.1, 0.15) is 47.9 Å². The van der Waals surface area contributed by atoms with Crippen molar-refractivity contribution >= 4 is 11.3 Å². The lowest BCUT2D eigenvalue weighted by Crippen LogP contribution is -2.24. The van der Waals surface area contributed by atoms with Gasteiger partial charge in [-0.3, -0.25) is 0 Å². The molecule has 0 spiro atoms. The minimum Gasteiger partial charge on any atom is -0.302 e. The molecule has 0 radical (unpaired) electrons. The Morgan fingerprint density at radius 3 is 3.05 bits per heavy atom. The third-order valence-corrected chi connectivity index (χ3v) is 4.87. The molecule has 1 aliphatic carbocycles. The predicted molar refractivity (Wildman–Crippen MR) is 77.9 cm³/mol. The van der Waals surface area contributed by atoms with Crippen molar-refractivity contribution in [3.63, 3.8) is 0 Å². The van der Waals surface area contributed by atoms with Crippen LogP contribution in [0, 0.1) is 5.82 Å². The molecule has 2 aromatic rings. The number of nitrogens with one attached hydrogen (secondary N) is 1. The molecule has 0 fully saturated rings. The van der Waals surface area contributed by atoms with E-state index in [4.69, 9.17) is 0 Å². The third kappa shape index (κ3) is 2.58. The molecule has 1 N–H and O–H groups in total. The number of aryl methyl sites for hydroxylation is 1. The molecule has 0 saturated carbocycles. The van der Waals surface area contributed by atoms with Gasteiger partial charge in [0.2, 0.25) is 0 Å². The van der Waals surface area contributed by atoms with E-state index in [1.54, 1.807) is 23.5 Å².